The number of hydrogen-bond donors (Lipinski definition) is 0. The molecule has 0 aliphatic carbocycles. The van der Waals surface area contributed by atoms with Crippen molar-refractivity contribution in [2.75, 3.05) is 63.9 Å². The largest absolute Gasteiger partial charge is 0.379 e. The van der Waals surface area contributed by atoms with Crippen LogP contribution in [0.1, 0.15) is 13.3 Å². The van der Waals surface area contributed by atoms with Crippen LogP contribution in [0.25, 0.3) is 0 Å². The van der Waals surface area contributed by atoms with Crippen molar-refractivity contribution in [2.24, 2.45) is 0 Å². The summed E-state index contributed by atoms with van der Waals surface area (Å²) in [4.78, 5) is 9.34. The van der Waals surface area contributed by atoms with Crippen molar-refractivity contribution in [3.05, 3.63) is 18.3 Å². The Kier molecular flexibility index (Phi) is 5.70. The van der Waals surface area contributed by atoms with Crippen molar-refractivity contribution in [2.45, 2.75) is 18.2 Å². The van der Waals surface area contributed by atoms with Crippen molar-refractivity contribution in [1.29, 1.82) is 0 Å². The quantitative estimate of drug-likeness (QED) is 0.773. The summed E-state index contributed by atoms with van der Waals surface area (Å²) in [6.07, 6.45) is 2.66. The lowest BCUT2D eigenvalue weighted by Crippen LogP contribution is -2.46. The molecule has 0 bridgehead atoms. The zero-order chi connectivity index (χ0) is 17.0. The Bertz CT molecular complexity index is 621. The monoisotopic (exact) mass is 354 g/mol. The van der Waals surface area contributed by atoms with E-state index >= 15 is 0 Å². The molecule has 0 spiro atoms. The third-order valence-electron chi connectivity index (χ3n) is 4.56. The van der Waals surface area contributed by atoms with E-state index in [0.29, 0.717) is 26.3 Å². The summed E-state index contributed by atoms with van der Waals surface area (Å²) in [5, 5.41) is 0. The zero-order valence-corrected chi connectivity index (χ0v) is 15.0. The maximum atomic E-state index is 12.6. The predicted octanol–water partition coefficient (Wildman–Crippen LogP) is 0.635. The lowest BCUT2D eigenvalue weighted by molar-refractivity contribution is 0.0730. The molecule has 0 aromatic carbocycles. The van der Waals surface area contributed by atoms with Gasteiger partial charge in [-0.2, -0.15) is 4.31 Å². The van der Waals surface area contributed by atoms with Gasteiger partial charge < -0.3 is 9.64 Å². The van der Waals surface area contributed by atoms with Crippen LogP contribution in [0.15, 0.2) is 23.2 Å². The van der Waals surface area contributed by atoms with Crippen molar-refractivity contribution in [1.82, 2.24) is 14.2 Å². The number of sulfonamides is 1. The Morgan fingerprint density at radius 2 is 1.79 bits per heavy atom. The predicted molar refractivity (Wildman–Crippen MR) is 92.8 cm³/mol. The van der Waals surface area contributed by atoms with Crippen LogP contribution in [0.4, 0.5) is 5.82 Å². The van der Waals surface area contributed by atoms with Crippen LogP contribution in [0.5, 0.6) is 0 Å². The lowest BCUT2D eigenvalue weighted by atomic mass is 10.3. The molecule has 3 rings (SSSR count). The number of aromatic nitrogens is 1. The van der Waals surface area contributed by atoms with Crippen molar-refractivity contribution in [3.8, 4) is 0 Å². The average Bonchev–Trinajstić information content (AvgIpc) is 2.63. The minimum absolute atomic E-state index is 0.262. The molecule has 7 nitrogen and oxygen atoms in total. The lowest BCUT2D eigenvalue weighted by Gasteiger charge is -2.35. The van der Waals surface area contributed by atoms with Gasteiger partial charge in [-0.15, -0.1) is 0 Å². The van der Waals surface area contributed by atoms with E-state index in [1.54, 1.807) is 6.07 Å². The molecular weight excluding hydrogens is 328 g/mol. The molecule has 2 fully saturated rings. The molecule has 1 aromatic rings. The Hall–Kier alpha value is -1.22. The third-order valence-corrected chi connectivity index (χ3v) is 6.45. The van der Waals surface area contributed by atoms with Gasteiger partial charge in [0.15, 0.2) is 0 Å². The highest BCUT2D eigenvalue weighted by atomic mass is 32.2. The highest BCUT2D eigenvalue weighted by Gasteiger charge is 2.27. The van der Waals surface area contributed by atoms with E-state index in [4.69, 9.17) is 4.74 Å². The van der Waals surface area contributed by atoms with E-state index in [2.05, 4.69) is 21.7 Å². The molecule has 8 heteroatoms. The molecule has 0 radical (unpaired) electrons. The van der Waals surface area contributed by atoms with Gasteiger partial charge in [-0.05, 0) is 25.1 Å². The van der Waals surface area contributed by atoms with Crippen LogP contribution in [0.2, 0.25) is 0 Å². The molecule has 0 N–H and O–H groups in total. The molecular formula is C16H26N4O3S. The van der Waals surface area contributed by atoms with E-state index in [-0.39, 0.29) is 4.90 Å². The molecule has 2 aliphatic rings. The van der Waals surface area contributed by atoms with Crippen LogP contribution < -0.4 is 4.90 Å². The highest BCUT2D eigenvalue weighted by Crippen LogP contribution is 2.20. The molecule has 3 heterocycles. The molecule has 134 valence electrons. The summed E-state index contributed by atoms with van der Waals surface area (Å²) >= 11 is 0. The molecule has 0 amide bonds. The summed E-state index contributed by atoms with van der Waals surface area (Å²) in [6, 6.07) is 3.49. The van der Waals surface area contributed by atoms with Gasteiger partial charge in [0.05, 0.1) is 13.2 Å². The summed E-state index contributed by atoms with van der Waals surface area (Å²) in [5.74, 6) is 0.854. The van der Waals surface area contributed by atoms with Gasteiger partial charge in [0.25, 0.3) is 0 Å². The number of morpholine rings is 1. The summed E-state index contributed by atoms with van der Waals surface area (Å²) in [7, 11) is -3.46. The van der Waals surface area contributed by atoms with Gasteiger partial charge in [0, 0.05) is 45.5 Å². The second-order valence-electron chi connectivity index (χ2n) is 6.20. The fourth-order valence-electron chi connectivity index (χ4n) is 3.16. The van der Waals surface area contributed by atoms with Gasteiger partial charge >= 0.3 is 0 Å². The molecule has 0 atom stereocenters. The van der Waals surface area contributed by atoms with Gasteiger partial charge in [0.1, 0.15) is 10.7 Å². The van der Waals surface area contributed by atoms with Crippen molar-refractivity contribution in [3.63, 3.8) is 0 Å². The van der Waals surface area contributed by atoms with E-state index in [0.717, 1.165) is 38.5 Å². The molecule has 2 aliphatic heterocycles. The van der Waals surface area contributed by atoms with E-state index < -0.39 is 10.0 Å². The maximum absolute atomic E-state index is 12.6. The van der Waals surface area contributed by atoms with Crippen LogP contribution in [-0.2, 0) is 14.8 Å². The molecule has 1 aromatic heterocycles. The standard InChI is InChI=1S/C16H26N4O3S/c1-2-5-18-6-8-19(9-7-18)16-4-3-15(14-17-16)24(21,22)20-10-12-23-13-11-20/h3-4,14H,2,5-13H2,1H3. The Morgan fingerprint density at radius 3 is 2.38 bits per heavy atom. The summed E-state index contributed by atoms with van der Waals surface area (Å²) < 4.78 is 31.9. The second kappa shape index (κ2) is 7.77. The fourth-order valence-corrected chi connectivity index (χ4v) is 4.52. The average molecular weight is 354 g/mol. The Morgan fingerprint density at radius 1 is 1.08 bits per heavy atom. The molecule has 0 saturated carbocycles. The van der Waals surface area contributed by atoms with Gasteiger partial charge in [-0.3, -0.25) is 4.90 Å². The van der Waals surface area contributed by atoms with Crippen LogP contribution in [0.3, 0.4) is 0 Å². The number of ether oxygens (including phenoxy) is 1. The minimum atomic E-state index is -3.46. The van der Waals surface area contributed by atoms with E-state index in [9.17, 15) is 8.42 Å². The van der Waals surface area contributed by atoms with Crippen molar-refractivity contribution < 1.29 is 13.2 Å². The van der Waals surface area contributed by atoms with Crippen molar-refractivity contribution >= 4 is 15.8 Å². The Balaban J connectivity index is 1.65. The van der Waals surface area contributed by atoms with E-state index in [1.807, 2.05) is 6.07 Å². The second-order valence-corrected chi connectivity index (χ2v) is 8.14. The number of pyridine rings is 1. The van der Waals surface area contributed by atoms with Gasteiger partial charge in [0.2, 0.25) is 10.0 Å². The van der Waals surface area contributed by atoms with Crippen LogP contribution in [0, 0.1) is 0 Å². The zero-order valence-electron chi connectivity index (χ0n) is 14.2. The number of piperazine rings is 1. The smallest absolute Gasteiger partial charge is 0.244 e. The normalized spacial score (nSPS) is 21.1. The summed E-state index contributed by atoms with van der Waals surface area (Å²) in [5.41, 5.74) is 0. The highest BCUT2D eigenvalue weighted by molar-refractivity contribution is 7.89. The SMILES string of the molecule is CCCN1CCN(c2ccc(S(=O)(=O)N3CCOCC3)cn2)CC1. The molecule has 0 unspecified atom stereocenters. The first-order chi connectivity index (χ1) is 11.6. The topological polar surface area (TPSA) is 66.0 Å². The fraction of sp³-hybridized carbons (Fsp3) is 0.688. The number of hydrogen-bond acceptors (Lipinski definition) is 6. The van der Waals surface area contributed by atoms with Crippen LogP contribution in [-0.4, -0.2) is 81.6 Å². The van der Waals surface area contributed by atoms with Crippen LogP contribution >= 0.6 is 0 Å². The third kappa shape index (κ3) is 3.88. The number of nitrogens with zero attached hydrogens (tertiary/aromatic N) is 4. The van der Waals surface area contributed by atoms with E-state index in [1.165, 1.54) is 16.9 Å². The molecule has 2 saturated heterocycles. The minimum Gasteiger partial charge on any atom is -0.379 e. The first kappa shape index (κ1) is 17.6. The Labute approximate surface area is 144 Å². The van der Waals surface area contributed by atoms with Gasteiger partial charge in [-0.1, -0.05) is 6.92 Å². The summed E-state index contributed by atoms with van der Waals surface area (Å²) in [6.45, 7) is 8.98. The van der Waals surface area contributed by atoms with Gasteiger partial charge in [-0.25, -0.2) is 13.4 Å². The number of anilines is 1. The number of rotatable bonds is 5. The maximum Gasteiger partial charge on any atom is 0.244 e. The molecule has 24 heavy (non-hydrogen) atoms. The first-order valence-corrected chi connectivity index (χ1v) is 10.1. The first-order valence-electron chi connectivity index (χ1n) is 8.62.